The summed E-state index contributed by atoms with van der Waals surface area (Å²) < 4.78 is 6.65. The second kappa shape index (κ2) is 8.49. The van der Waals surface area contributed by atoms with Gasteiger partial charge in [-0.05, 0) is 55.0 Å². The third kappa shape index (κ3) is 4.32. The number of nitrogens with zero attached hydrogens (tertiary/aromatic N) is 4. The van der Waals surface area contributed by atoms with Gasteiger partial charge in [-0.15, -0.1) is 0 Å². The van der Waals surface area contributed by atoms with E-state index < -0.39 is 0 Å². The lowest BCUT2D eigenvalue weighted by Gasteiger charge is -2.41. The molecule has 0 radical (unpaired) electrons. The Hall–Kier alpha value is -3.12. The van der Waals surface area contributed by atoms with E-state index in [-0.39, 0.29) is 5.97 Å². The van der Waals surface area contributed by atoms with Gasteiger partial charge in [0.05, 0.1) is 18.4 Å². The van der Waals surface area contributed by atoms with Crippen LogP contribution in [0, 0.1) is 0 Å². The van der Waals surface area contributed by atoms with Crippen molar-refractivity contribution >= 4 is 11.7 Å². The van der Waals surface area contributed by atoms with Crippen LogP contribution >= 0.6 is 0 Å². The fraction of sp³-hybridized carbons (Fsp3) is 0.304. The summed E-state index contributed by atoms with van der Waals surface area (Å²) in [5, 5.41) is 4.28. The minimum absolute atomic E-state index is 0.298. The van der Waals surface area contributed by atoms with Crippen molar-refractivity contribution in [2.75, 3.05) is 31.6 Å². The van der Waals surface area contributed by atoms with Crippen LogP contribution in [0.2, 0.25) is 0 Å². The SMILES string of the molecule is COC(=O)c1ccc(N2CCN(Cc3ccc(-n4cccn4)cc3)C(C)C2)cc1. The lowest BCUT2D eigenvalue weighted by atomic mass is 10.1. The summed E-state index contributed by atoms with van der Waals surface area (Å²) in [7, 11) is 1.40. The minimum atomic E-state index is -0.298. The quantitative estimate of drug-likeness (QED) is 0.625. The molecule has 0 aliphatic carbocycles. The van der Waals surface area contributed by atoms with Gasteiger partial charge in [-0.2, -0.15) is 5.10 Å². The molecule has 2 aromatic carbocycles. The third-order valence-corrected chi connectivity index (χ3v) is 5.51. The van der Waals surface area contributed by atoms with Gasteiger partial charge in [0.2, 0.25) is 0 Å². The van der Waals surface area contributed by atoms with Gasteiger partial charge in [0, 0.05) is 50.3 Å². The number of carbonyl (C=O) groups excluding carboxylic acids is 1. The maximum absolute atomic E-state index is 11.6. The van der Waals surface area contributed by atoms with Crippen LogP contribution in [0.3, 0.4) is 0 Å². The lowest BCUT2D eigenvalue weighted by Crippen LogP contribution is -2.51. The fourth-order valence-electron chi connectivity index (χ4n) is 3.80. The number of carbonyl (C=O) groups is 1. The Kier molecular flexibility index (Phi) is 5.62. The van der Waals surface area contributed by atoms with Gasteiger partial charge >= 0.3 is 5.97 Å². The zero-order valence-corrected chi connectivity index (χ0v) is 16.9. The summed E-state index contributed by atoms with van der Waals surface area (Å²) >= 11 is 0. The maximum Gasteiger partial charge on any atom is 0.337 e. The molecular weight excluding hydrogens is 364 g/mol. The Labute approximate surface area is 171 Å². The molecule has 1 fully saturated rings. The average molecular weight is 390 g/mol. The van der Waals surface area contributed by atoms with Gasteiger partial charge in [-0.1, -0.05) is 12.1 Å². The molecule has 6 heteroatoms. The molecule has 1 saturated heterocycles. The van der Waals surface area contributed by atoms with Crippen LogP contribution in [0.5, 0.6) is 0 Å². The monoisotopic (exact) mass is 390 g/mol. The van der Waals surface area contributed by atoms with E-state index >= 15 is 0 Å². The molecule has 1 aromatic heterocycles. The number of esters is 1. The van der Waals surface area contributed by atoms with E-state index in [1.165, 1.54) is 12.7 Å². The van der Waals surface area contributed by atoms with Crippen LogP contribution in [0.25, 0.3) is 5.69 Å². The van der Waals surface area contributed by atoms with Crippen molar-refractivity contribution < 1.29 is 9.53 Å². The van der Waals surface area contributed by atoms with E-state index in [9.17, 15) is 4.79 Å². The first-order chi connectivity index (χ1) is 14.1. The van der Waals surface area contributed by atoms with E-state index in [2.05, 4.69) is 46.1 Å². The number of hydrogen-bond donors (Lipinski definition) is 0. The molecule has 1 aliphatic heterocycles. The van der Waals surface area contributed by atoms with Crippen molar-refractivity contribution in [2.24, 2.45) is 0 Å². The molecule has 0 bridgehead atoms. The van der Waals surface area contributed by atoms with E-state index in [1.54, 1.807) is 6.20 Å². The number of piperazine rings is 1. The summed E-state index contributed by atoms with van der Waals surface area (Å²) in [4.78, 5) is 16.5. The van der Waals surface area contributed by atoms with Crippen LogP contribution < -0.4 is 4.90 Å². The first-order valence-electron chi connectivity index (χ1n) is 9.90. The fourth-order valence-corrected chi connectivity index (χ4v) is 3.80. The van der Waals surface area contributed by atoms with Gasteiger partial charge in [0.1, 0.15) is 0 Å². The highest BCUT2D eigenvalue weighted by Crippen LogP contribution is 2.22. The highest BCUT2D eigenvalue weighted by atomic mass is 16.5. The molecule has 0 N–H and O–H groups in total. The van der Waals surface area contributed by atoms with Gasteiger partial charge in [0.25, 0.3) is 0 Å². The normalized spacial score (nSPS) is 17.3. The largest absolute Gasteiger partial charge is 0.465 e. The molecule has 0 saturated carbocycles. The number of aromatic nitrogens is 2. The van der Waals surface area contributed by atoms with E-state index in [4.69, 9.17) is 4.74 Å². The molecule has 0 amide bonds. The van der Waals surface area contributed by atoms with Gasteiger partial charge in [-0.25, -0.2) is 9.48 Å². The maximum atomic E-state index is 11.6. The van der Waals surface area contributed by atoms with Crippen LogP contribution in [-0.4, -0.2) is 53.4 Å². The number of hydrogen-bond acceptors (Lipinski definition) is 5. The van der Waals surface area contributed by atoms with Crippen molar-refractivity contribution in [1.82, 2.24) is 14.7 Å². The molecule has 1 atom stereocenters. The minimum Gasteiger partial charge on any atom is -0.465 e. The molecular formula is C23H26N4O2. The number of ether oxygens (including phenoxy) is 1. The Balaban J connectivity index is 1.36. The number of rotatable bonds is 5. The van der Waals surface area contributed by atoms with Crippen LogP contribution in [0.4, 0.5) is 5.69 Å². The first kappa shape index (κ1) is 19.2. The Morgan fingerprint density at radius 3 is 2.41 bits per heavy atom. The number of anilines is 1. The number of methoxy groups -OCH3 is 1. The van der Waals surface area contributed by atoms with E-state index in [0.29, 0.717) is 11.6 Å². The molecule has 29 heavy (non-hydrogen) atoms. The zero-order valence-electron chi connectivity index (χ0n) is 16.9. The van der Waals surface area contributed by atoms with Crippen molar-refractivity contribution in [1.29, 1.82) is 0 Å². The van der Waals surface area contributed by atoms with E-state index in [1.807, 2.05) is 41.2 Å². The molecule has 0 spiro atoms. The summed E-state index contributed by atoms with van der Waals surface area (Å²) in [6.07, 6.45) is 3.74. The van der Waals surface area contributed by atoms with Crippen molar-refractivity contribution in [3.8, 4) is 5.69 Å². The summed E-state index contributed by atoms with van der Waals surface area (Å²) in [5.74, 6) is -0.298. The van der Waals surface area contributed by atoms with Crippen LogP contribution in [0.1, 0.15) is 22.8 Å². The summed E-state index contributed by atoms with van der Waals surface area (Å²) in [6, 6.07) is 18.6. The van der Waals surface area contributed by atoms with Crippen LogP contribution in [-0.2, 0) is 11.3 Å². The van der Waals surface area contributed by atoms with Crippen molar-refractivity contribution in [3.05, 3.63) is 78.1 Å². The Morgan fingerprint density at radius 1 is 1.07 bits per heavy atom. The smallest absolute Gasteiger partial charge is 0.337 e. The van der Waals surface area contributed by atoms with Crippen molar-refractivity contribution in [2.45, 2.75) is 19.5 Å². The second-order valence-electron chi connectivity index (χ2n) is 7.42. The molecule has 1 aliphatic rings. The lowest BCUT2D eigenvalue weighted by molar-refractivity contribution is 0.0600. The van der Waals surface area contributed by atoms with Gasteiger partial charge in [0.15, 0.2) is 0 Å². The topological polar surface area (TPSA) is 50.6 Å². The Bertz CT molecular complexity index is 936. The molecule has 150 valence electrons. The molecule has 4 rings (SSSR count). The summed E-state index contributed by atoms with van der Waals surface area (Å²) in [6.45, 7) is 6.14. The van der Waals surface area contributed by atoms with Crippen molar-refractivity contribution in [3.63, 3.8) is 0 Å². The highest BCUT2D eigenvalue weighted by Gasteiger charge is 2.24. The predicted molar refractivity (Wildman–Crippen MR) is 113 cm³/mol. The third-order valence-electron chi connectivity index (χ3n) is 5.51. The Morgan fingerprint density at radius 2 is 1.79 bits per heavy atom. The second-order valence-corrected chi connectivity index (χ2v) is 7.42. The summed E-state index contributed by atoms with van der Waals surface area (Å²) in [5.41, 5.74) is 4.12. The first-order valence-corrected chi connectivity index (χ1v) is 9.90. The predicted octanol–water partition coefficient (Wildman–Crippen LogP) is 3.37. The zero-order chi connectivity index (χ0) is 20.2. The molecule has 6 nitrogen and oxygen atoms in total. The average Bonchev–Trinajstić information content (AvgIpc) is 3.30. The van der Waals surface area contributed by atoms with Gasteiger partial charge < -0.3 is 9.64 Å². The van der Waals surface area contributed by atoms with Gasteiger partial charge in [-0.3, -0.25) is 4.90 Å². The molecule has 1 unspecified atom stereocenters. The standard InChI is InChI=1S/C23H26N4O2/c1-18-16-26(21-10-6-20(7-11-21)23(28)29-2)15-14-25(18)17-19-4-8-22(9-5-19)27-13-3-12-24-27/h3-13,18H,14-17H2,1-2H3. The molecule has 2 heterocycles. The van der Waals surface area contributed by atoms with E-state index in [0.717, 1.165) is 37.6 Å². The van der Waals surface area contributed by atoms with Crippen LogP contribution in [0.15, 0.2) is 67.0 Å². The molecule has 3 aromatic rings. The highest BCUT2D eigenvalue weighted by molar-refractivity contribution is 5.89. The number of benzene rings is 2.